The largest absolute Gasteiger partial charge is 0.573 e. The standard InChI is InChI=1S/C9H11F3N2O2/c1-5-6(3-13)8(15-2)14-4-7(5)16-9(10,11)12/h4H,3,13H2,1-2H3. The van der Waals surface area contributed by atoms with Crippen molar-refractivity contribution in [3.63, 3.8) is 0 Å². The minimum Gasteiger partial charge on any atom is -0.481 e. The Balaban J connectivity index is 3.14. The summed E-state index contributed by atoms with van der Waals surface area (Å²) >= 11 is 0. The Labute approximate surface area is 90.2 Å². The van der Waals surface area contributed by atoms with Crippen LogP contribution in [0.3, 0.4) is 0 Å². The lowest BCUT2D eigenvalue weighted by Crippen LogP contribution is -2.19. The average Bonchev–Trinajstić information content (AvgIpc) is 2.19. The summed E-state index contributed by atoms with van der Waals surface area (Å²) in [4.78, 5) is 3.69. The minimum atomic E-state index is -4.74. The Morgan fingerprint density at radius 2 is 2.06 bits per heavy atom. The molecule has 0 atom stereocenters. The monoisotopic (exact) mass is 236 g/mol. The zero-order chi connectivity index (χ0) is 12.3. The van der Waals surface area contributed by atoms with Crippen molar-refractivity contribution in [2.45, 2.75) is 19.8 Å². The van der Waals surface area contributed by atoms with Crippen LogP contribution in [-0.4, -0.2) is 18.5 Å². The summed E-state index contributed by atoms with van der Waals surface area (Å²) in [7, 11) is 1.37. The number of ether oxygens (including phenoxy) is 2. The van der Waals surface area contributed by atoms with E-state index in [1.165, 1.54) is 14.0 Å². The Hall–Kier alpha value is -1.50. The summed E-state index contributed by atoms with van der Waals surface area (Å²) in [5.74, 6) is -0.164. The van der Waals surface area contributed by atoms with Crippen molar-refractivity contribution >= 4 is 0 Å². The van der Waals surface area contributed by atoms with Crippen LogP contribution in [0.5, 0.6) is 11.6 Å². The molecule has 16 heavy (non-hydrogen) atoms. The molecule has 0 saturated heterocycles. The summed E-state index contributed by atoms with van der Waals surface area (Å²) in [6.45, 7) is 1.49. The molecule has 0 amide bonds. The first-order valence-corrected chi connectivity index (χ1v) is 4.37. The van der Waals surface area contributed by atoms with Gasteiger partial charge in [0, 0.05) is 17.7 Å². The van der Waals surface area contributed by atoms with Gasteiger partial charge in [0.1, 0.15) is 0 Å². The van der Waals surface area contributed by atoms with E-state index in [2.05, 4.69) is 9.72 Å². The van der Waals surface area contributed by atoms with E-state index >= 15 is 0 Å². The number of hydrogen-bond acceptors (Lipinski definition) is 4. The van der Waals surface area contributed by atoms with Crippen molar-refractivity contribution in [3.05, 3.63) is 17.3 Å². The number of hydrogen-bond donors (Lipinski definition) is 1. The number of pyridine rings is 1. The maximum atomic E-state index is 12.0. The quantitative estimate of drug-likeness (QED) is 0.868. The summed E-state index contributed by atoms with van der Waals surface area (Å²) in [6.07, 6.45) is -3.78. The fraction of sp³-hybridized carbons (Fsp3) is 0.444. The van der Waals surface area contributed by atoms with Crippen LogP contribution in [0.25, 0.3) is 0 Å². The highest BCUT2D eigenvalue weighted by molar-refractivity contribution is 5.42. The average molecular weight is 236 g/mol. The van der Waals surface area contributed by atoms with Crippen molar-refractivity contribution in [2.75, 3.05) is 7.11 Å². The number of nitrogens with zero attached hydrogens (tertiary/aromatic N) is 1. The highest BCUT2D eigenvalue weighted by Crippen LogP contribution is 2.30. The number of halogens is 3. The fourth-order valence-electron chi connectivity index (χ4n) is 1.24. The van der Waals surface area contributed by atoms with Gasteiger partial charge in [-0.25, -0.2) is 4.98 Å². The third-order valence-corrected chi connectivity index (χ3v) is 2.00. The third kappa shape index (κ3) is 2.75. The van der Waals surface area contributed by atoms with Crippen LogP contribution in [0, 0.1) is 6.92 Å². The molecule has 0 fully saturated rings. The Morgan fingerprint density at radius 1 is 1.44 bits per heavy atom. The molecular weight excluding hydrogens is 225 g/mol. The van der Waals surface area contributed by atoms with Crippen molar-refractivity contribution in [3.8, 4) is 11.6 Å². The summed E-state index contributed by atoms with van der Waals surface area (Å²) in [6, 6.07) is 0. The Morgan fingerprint density at radius 3 is 2.50 bits per heavy atom. The molecule has 0 radical (unpaired) electrons. The molecule has 0 bridgehead atoms. The molecule has 0 aliphatic carbocycles. The summed E-state index contributed by atoms with van der Waals surface area (Å²) in [5.41, 5.74) is 6.07. The maximum absolute atomic E-state index is 12.0. The molecule has 0 aromatic carbocycles. The van der Waals surface area contributed by atoms with E-state index in [-0.39, 0.29) is 23.7 Å². The molecule has 4 nitrogen and oxygen atoms in total. The lowest BCUT2D eigenvalue weighted by atomic mass is 10.1. The minimum absolute atomic E-state index is 0.0249. The maximum Gasteiger partial charge on any atom is 0.573 e. The van der Waals surface area contributed by atoms with Gasteiger partial charge in [0.05, 0.1) is 13.3 Å². The van der Waals surface area contributed by atoms with Crippen molar-refractivity contribution < 1.29 is 22.6 Å². The summed E-state index contributed by atoms with van der Waals surface area (Å²) < 4.78 is 44.8. The van der Waals surface area contributed by atoms with Crippen molar-refractivity contribution in [2.24, 2.45) is 5.73 Å². The van der Waals surface area contributed by atoms with Crippen LogP contribution in [0.4, 0.5) is 13.2 Å². The molecule has 0 saturated carbocycles. The lowest BCUT2D eigenvalue weighted by molar-refractivity contribution is -0.275. The number of nitrogens with two attached hydrogens (primary N) is 1. The second kappa shape index (κ2) is 4.56. The van der Waals surface area contributed by atoms with Gasteiger partial charge in [0.15, 0.2) is 5.75 Å². The van der Waals surface area contributed by atoms with E-state index < -0.39 is 6.36 Å². The van der Waals surface area contributed by atoms with Crippen LogP contribution >= 0.6 is 0 Å². The Bertz CT molecular complexity index is 380. The second-order valence-corrected chi connectivity index (χ2v) is 2.99. The first kappa shape index (κ1) is 12.6. The van der Waals surface area contributed by atoms with E-state index in [0.29, 0.717) is 5.56 Å². The zero-order valence-corrected chi connectivity index (χ0v) is 8.76. The third-order valence-electron chi connectivity index (χ3n) is 2.00. The van der Waals surface area contributed by atoms with Gasteiger partial charge in [0.25, 0.3) is 0 Å². The SMILES string of the molecule is COc1ncc(OC(F)(F)F)c(C)c1CN. The first-order chi connectivity index (χ1) is 7.39. The normalized spacial score (nSPS) is 11.4. The molecule has 0 spiro atoms. The molecule has 1 heterocycles. The van der Waals surface area contributed by atoms with E-state index in [0.717, 1.165) is 6.20 Å². The topological polar surface area (TPSA) is 57.4 Å². The number of methoxy groups -OCH3 is 1. The van der Waals surface area contributed by atoms with Crippen LogP contribution in [0.2, 0.25) is 0 Å². The number of alkyl halides is 3. The smallest absolute Gasteiger partial charge is 0.481 e. The van der Waals surface area contributed by atoms with Crippen molar-refractivity contribution in [1.82, 2.24) is 4.98 Å². The van der Waals surface area contributed by atoms with Gasteiger partial charge >= 0.3 is 6.36 Å². The second-order valence-electron chi connectivity index (χ2n) is 2.99. The molecular formula is C9H11F3N2O2. The predicted octanol–water partition coefficient (Wildman–Crippen LogP) is 1.76. The van der Waals surface area contributed by atoms with Crippen LogP contribution in [0.15, 0.2) is 6.20 Å². The van der Waals surface area contributed by atoms with Gasteiger partial charge in [-0.1, -0.05) is 0 Å². The van der Waals surface area contributed by atoms with E-state index in [9.17, 15) is 13.2 Å². The van der Waals surface area contributed by atoms with Gasteiger partial charge in [0.2, 0.25) is 5.88 Å². The van der Waals surface area contributed by atoms with E-state index in [1.54, 1.807) is 0 Å². The highest BCUT2D eigenvalue weighted by Gasteiger charge is 2.32. The number of rotatable bonds is 3. The molecule has 7 heteroatoms. The van der Waals surface area contributed by atoms with Gasteiger partial charge < -0.3 is 15.2 Å². The van der Waals surface area contributed by atoms with E-state index in [4.69, 9.17) is 10.5 Å². The van der Waals surface area contributed by atoms with Crippen LogP contribution in [0.1, 0.15) is 11.1 Å². The molecule has 1 aromatic rings. The van der Waals surface area contributed by atoms with E-state index in [1.807, 2.05) is 0 Å². The summed E-state index contributed by atoms with van der Waals surface area (Å²) in [5, 5.41) is 0. The molecule has 90 valence electrons. The van der Waals surface area contributed by atoms with Gasteiger partial charge in [-0.15, -0.1) is 13.2 Å². The van der Waals surface area contributed by atoms with Gasteiger partial charge in [-0.3, -0.25) is 0 Å². The molecule has 0 unspecified atom stereocenters. The first-order valence-electron chi connectivity index (χ1n) is 4.37. The predicted molar refractivity (Wildman–Crippen MR) is 50.1 cm³/mol. The van der Waals surface area contributed by atoms with Gasteiger partial charge in [-0.05, 0) is 6.92 Å². The van der Waals surface area contributed by atoms with Crippen LogP contribution in [-0.2, 0) is 6.54 Å². The molecule has 1 rings (SSSR count). The van der Waals surface area contributed by atoms with Crippen molar-refractivity contribution in [1.29, 1.82) is 0 Å². The zero-order valence-electron chi connectivity index (χ0n) is 8.76. The Kier molecular flexibility index (Phi) is 3.58. The van der Waals surface area contributed by atoms with Crippen LogP contribution < -0.4 is 15.2 Å². The molecule has 0 aliphatic rings. The molecule has 0 aliphatic heterocycles. The van der Waals surface area contributed by atoms with Gasteiger partial charge in [-0.2, -0.15) is 0 Å². The highest BCUT2D eigenvalue weighted by atomic mass is 19.4. The molecule has 1 aromatic heterocycles. The molecule has 2 N–H and O–H groups in total. The number of aromatic nitrogens is 1. The lowest BCUT2D eigenvalue weighted by Gasteiger charge is -2.14. The fourth-order valence-corrected chi connectivity index (χ4v) is 1.24.